The highest BCUT2D eigenvalue weighted by Crippen LogP contribution is 2.38. The van der Waals surface area contributed by atoms with Gasteiger partial charge < -0.3 is 29.6 Å². The first-order valence-electron chi connectivity index (χ1n) is 11.0. The summed E-state index contributed by atoms with van der Waals surface area (Å²) in [4.78, 5) is 22.8. The third kappa shape index (κ3) is 17.6. The number of likely N-dealkylation sites (N-methyl/N-ethyl adjacent to an activating group) is 1. The third-order valence-electron chi connectivity index (χ3n) is 3.77. The molecule has 2 N–H and O–H groups in total. The molecule has 0 saturated heterocycles. The van der Waals surface area contributed by atoms with E-state index < -0.39 is 0 Å². The van der Waals surface area contributed by atoms with Crippen LogP contribution in [0.1, 0.15) is 41.0 Å². The average Bonchev–Trinajstić information content (AvgIpc) is 2.75. The van der Waals surface area contributed by atoms with Gasteiger partial charge in [-0.1, -0.05) is 62.1 Å². The Morgan fingerprint density at radius 1 is 0.812 bits per heavy atom. The standard InChI is InChI=1S/C22H40N2O6S2/c1-7-8-9-10-24-20(26)16-28-12-14-30-22(18(4)5)32-31-21(17(2)3)29-13-11-27-15-19(25)23-6/h17-18,21-22H,7,10-16H2,1-6H3,(H,23,25)(H,24,26). The normalized spacial score (nSPS) is 12.9. The number of ether oxygens (including phenoxy) is 4. The minimum absolute atomic E-state index is 0.00332. The van der Waals surface area contributed by atoms with Gasteiger partial charge in [0.1, 0.15) is 24.1 Å². The summed E-state index contributed by atoms with van der Waals surface area (Å²) in [5, 5.41) is 5.19. The SMILES string of the molecule is CCC#CCNC(=O)COCCOC(SSC(OCCOCC(=O)NC)C(C)C)C(C)C. The van der Waals surface area contributed by atoms with Crippen LogP contribution < -0.4 is 10.6 Å². The second-order valence-electron chi connectivity index (χ2n) is 7.42. The lowest BCUT2D eigenvalue weighted by Crippen LogP contribution is -2.28. The molecule has 2 amide bonds. The predicted octanol–water partition coefficient (Wildman–Crippen LogP) is 2.67. The van der Waals surface area contributed by atoms with Crippen LogP contribution in [0.15, 0.2) is 0 Å². The molecule has 0 saturated carbocycles. The maximum Gasteiger partial charge on any atom is 0.246 e. The topological polar surface area (TPSA) is 95.1 Å². The lowest BCUT2D eigenvalue weighted by Gasteiger charge is -2.25. The Kier molecular flexibility index (Phi) is 20.0. The molecule has 8 nitrogen and oxygen atoms in total. The van der Waals surface area contributed by atoms with E-state index in [9.17, 15) is 9.59 Å². The first kappa shape index (κ1) is 31.0. The lowest BCUT2D eigenvalue weighted by atomic mass is 10.2. The molecule has 32 heavy (non-hydrogen) atoms. The van der Waals surface area contributed by atoms with Gasteiger partial charge in [0.25, 0.3) is 0 Å². The van der Waals surface area contributed by atoms with Gasteiger partial charge in [-0.3, -0.25) is 9.59 Å². The number of carbonyl (C=O) groups excluding carboxylic acids is 2. The molecule has 0 aliphatic heterocycles. The molecule has 2 unspecified atom stereocenters. The van der Waals surface area contributed by atoms with Gasteiger partial charge in [0.2, 0.25) is 11.8 Å². The Bertz CT molecular complexity index is 566. The number of nitrogens with one attached hydrogen (secondary N) is 2. The van der Waals surface area contributed by atoms with Crippen LogP contribution in [0.2, 0.25) is 0 Å². The predicted molar refractivity (Wildman–Crippen MR) is 131 cm³/mol. The van der Waals surface area contributed by atoms with Gasteiger partial charge >= 0.3 is 0 Å². The maximum atomic E-state index is 11.6. The minimum Gasteiger partial charge on any atom is -0.369 e. The zero-order valence-corrected chi connectivity index (χ0v) is 21.9. The molecule has 0 aliphatic carbocycles. The molecule has 0 aromatic rings. The Morgan fingerprint density at radius 3 is 1.75 bits per heavy atom. The highest BCUT2D eigenvalue weighted by Gasteiger charge is 2.21. The van der Waals surface area contributed by atoms with E-state index in [-0.39, 0.29) is 35.9 Å². The van der Waals surface area contributed by atoms with Gasteiger partial charge in [0.05, 0.1) is 33.0 Å². The summed E-state index contributed by atoms with van der Waals surface area (Å²) < 4.78 is 22.5. The summed E-state index contributed by atoms with van der Waals surface area (Å²) in [6.07, 6.45) is 0.772. The van der Waals surface area contributed by atoms with E-state index in [1.54, 1.807) is 28.6 Å². The van der Waals surface area contributed by atoms with Crippen LogP contribution in [0.3, 0.4) is 0 Å². The third-order valence-corrected chi connectivity index (χ3v) is 7.10. The zero-order valence-electron chi connectivity index (χ0n) is 20.2. The number of hydrogen-bond donors (Lipinski definition) is 2. The van der Waals surface area contributed by atoms with Crippen molar-refractivity contribution < 1.29 is 28.5 Å². The number of amides is 2. The van der Waals surface area contributed by atoms with Crippen molar-refractivity contribution in [3.63, 3.8) is 0 Å². The Hall–Kier alpha value is -0.960. The fourth-order valence-corrected chi connectivity index (χ4v) is 5.29. The van der Waals surface area contributed by atoms with Gasteiger partial charge in [0.15, 0.2) is 0 Å². The molecule has 0 spiro atoms. The molecule has 10 heteroatoms. The summed E-state index contributed by atoms with van der Waals surface area (Å²) in [7, 11) is 4.84. The molecule has 0 rings (SSSR count). The highest BCUT2D eigenvalue weighted by atomic mass is 33.1. The van der Waals surface area contributed by atoms with Crippen LogP contribution in [0.25, 0.3) is 0 Å². The quantitative estimate of drug-likeness (QED) is 0.131. The Labute approximate surface area is 201 Å². The lowest BCUT2D eigenvalue weighted by molar-refractivity contribution is -0.126. The molecule has 0 heterocycles. The van der Waals surface area contributed by atoms with Gasteiger partial charge in [-0.25, -0.2) is 0 Å². The summed E-state index contributed by atoms with van der Waals surface area (Å²) in [5.41, 5.74) is -0.0553. The van der Waals surface area contributed by atoms with E-state index in [4.69, 9.17) is 18.9 Å². The Balaban J connectivity index is 4.12. The first-order chi connectivity index (χ1) is 15.3. The zero-order chi connectivity index (χ0) is 24.2. The van der Waals surface area contributed by atoms with Crippen LogP contribution in [-0.4, -0.2) is 75.9 Å². The average molecular weight is 493 g/mol. The van der Waals surface area contributed by atoms with E-state index >= 15 is 0 Å². The molecule has 0 radical (unpaired) electrons. The van der Waals surface area contributed by atoms with Crippen LogP contribution in [-0.2, 0) is 28.5 Å². The van der Waals surface area contributed by atoms with Gasteiger partial charge in [0, 0.05) is 13.5 Å². The van der Waals surface area contributed by atoms with Crippen molar-refractivity contribution in [3.05, 3.63) is 0 Å². The molecular formula is C22H40N2O6S2. The highest BCUT2D eigenvalue weighted by molar-refractivity contribution is 8.77. The maximum absolute atomic E-state index is 11.6. The van der Waals surface area contributed by atoms with Crippen LogP contribution >= 0.6 is 21.6 Å². The van der Waals surface area contributed by atoms with Crippen molar-refractivity contribution in [2.75, 3.05) is 53.2 Å². The van der Waals surface area contributed by atoms with E-state index in [0.717, 1.165) is 6.42 Å². The van der Waals surface area contributed by atoms with E-state index in [2.05, 4.69) is 50.2 Å². The van der Waals surface area contributed by atoms with Gasteiger partial charge in [-0.2, -0.15) is 0 Å². The van der Waals surface area contributed by atoms with E-state index in [1.807, 2.05) is 6.92 Å². The second-order valence-corrected chi connectivity index (χ2v) is 9.89. The number of carbonyl (C=O) groups is 2. The molecule has 0 aliphatic rings. The monoisotopic (exact) mass is 492 g/mol. The largest absolute Gasteiger partial charge is 0.369 e. The van der Waals surface area contributed by atoms with Gasteiger partial charge in [-0.15, -0.1) is 5.92 Å². The Morgan fingerprint density at radius 2 is 1.31 bits per heavy atom. The molecule has 2 atom stereocenters. The van der Waals surface area contributed by atoms with Crippen molar-refractivity contribution in [3.8, 4) is 11.8 Å². The van der Waals surface area contributed by atoms with Crippen molar-refractivity contribution in [1.29, 1.82) is 0 Å². The molecule has 0 bridgehead atoms. The van der Waals surface area contributed by atoms with Crippen molar-refractivity contribution >= 4 is 33.4 Å². The summed E-state index contributed by atoms with van der Waals surface area (Å²) in [6, 6.07) is 0. The summed E-state index contributed by atoms with van der Waals surface area (Å²) in [5.74, 6) is 6.02. The van der Waals surface area contributed by atoms with E-state index in [0.29, 0.717) is 44.8 Å². The summed E-state index contributed by atoms with van der Waals surface area (Å²) >= 11 is 0. The molecule has 0 aromatic heterocycles. The van der Waals surface area contributed by atoms with Crippen LogP contribution in [0.5, 0.6) is 0 Å². The summed E-state index contributed by atoms with van der Waals surface area (Å²) in [6.45, 7) is 12.3. The molecule has 0 fully saturated rings. The van der Waals surface area contributed by atoms with Crippen LogP contribution in [0, 0.1) is 23.7 Å². The van der Waals surface area contributed by atoms with Crippen molar-refractivity contribution in [2.24, 2.45) is 11.8 Å². The number of hydrogen-bond acceptors (Lipinski definition) is 8. The fourth-order valence-electron chi connectivity index (χ4n) is 2.00. The molecular weight excluding hydrogens is 452 g/mol. The molecule has 0 aromatic carbocycles. The van der Waals surface area contributed by atoms with E-state index in [1.165, 1.54) is 0 Å². The second kappa shape index (κ2) is 20.6. The fraction of sp³-hybridized carbons (Fsp3) is 0.818. The molecule has 186 valence electrons. The smallest absolute Gasteiger partial charge is 0.246 e. The minimum atomic E-state index is -0.183. The van der Waals surface area contributed by atoms with Crippen molar-refractivity contribution in [1.82, 2.24) is 10.6 Å². The first-order valence-corrected chi connectivity index (χ1v) is 13.2. The number of rotatable bonds is 18. The van der Waals surface area contributed by atoms with Crippen LogP contribution in [0.4, 0.5) is 0 Å². The van der Waals surface area contributed by atoms with Gasteiger partial charge in [-0.05, 0) is 11.8 Å². The van der Waals surface area contributed by atoms with Crippen molar-refractivity contribution in [2.45, 2.75) is 51.9 Å².